The molecular formula is C16H17N7O2. The Morgan fingerprint density at radius 2 is 1.96 bits per heavy atom. The van der Waals surface area contributed by atoms with Gasteiger partial charge < -0.3 is 10.6 Å². The largest absolute Gasteiger partial charge is 0.336 e. The molecule has 25 heavy (non-hydrogen) atoms. The van der Waals surface area contributed by atoms with Crippen LogP contribution < -0.4 is 16.2 Å². The minimum absolute atomic E-state index is 0.239. The maximum Gasteiger partial charge on any atom is 0.319 e. The Balaban J connectivity index is 1.56. The second kappa shape index (κ2) is 7.39. The Labute approximate surface area is 143 Å². The number of nitrogens with one attached hydrogen (secondary N) is 2. The number of urea groups is 1. The quantitative estimate of drug-likeness (QED) is 0.720. The molecule has 2 N–H and O–H groups in total. The second-order valence-corrected chi connectivity index (χ2v) is 5.34. The molecule has 3 rings (SSSR count). The van der Waals surface area contributed by atoms with Gasteiger partial charge in [-0.25, -0.2) is 19.1 Å². The molecule has 0 spiro atoms. The van der Waals surface area contributed by atoms with Crippen LogP contribution in [0.3, 0.4) is 0 Å². The molecule has 0 saturated carbocycles. The molecule has 0 aliphatic rings. The standard InChI is InChI=1S/C16H17N7O2/c1-12-2-4-13(5-3-12)20-16(25)18-8-9-22-15(24)7-6-14(21-22)23-11-17-10-19-23/h2-7,10-11H,8-9H2,1H3,(H2,18,20,25). The number of amides is 2. The van der Waals surface area contributed by atoms with Gasteiger partial charge in [-0.15, -0.1) is 5.10 Å². The Hall–Kier alpha value is -3.49. The normalized spacial score (nSPS) is 10.4. The van der Waals surface area contributed by atoms with Crippen molar-refractivity contribution in [2.75, 3.05) is 11.9 Å². The number of carbonyl (C=O) groups is 1. The molecule has 0 bridgehead atoms. The van der Waals surface area contributed by atoms with E-state index in [1.54, 1.807) is 6.07 Å². The van der Waals surface area contributed by atoms with Crippen LogP contribution in [0.2, 0.25) is 0 Å². The molecule has 9 heteroatoms. The minimum atomic E-state index is -0.343. The first kappa shape index (κ1) is 16.4. The Morgan fingerprint density at radius 1 is 1.16 bits per heavy atom. The van der Waals surface area contributed by atoms with E-state index < -0.39 is 0 Å². The van der Waals surface area contributed by atoms with E-state index in [-0.39, 0.29) is 24.7 Å². The Morgan fingerprint density at radius 3 is 2.68 bits per heavy atom. The molecule has 3 aromatic rings. The number of aromatic nitrogens is 5. The molecule has 2 aromatic heterocycles. The number of aryl methyl sites for hydroxylation is 1. The van der Waals surface area contributed by atoms with Crippen molar-refractivity contribution in [2.24, 2.45) is 0 Å². The summed E-state index contributed by atoms with van der Waals surface area (Å²) >= 11 is 0. The third kappa shape index (κ3) is 4.28. The van der Waals surface area contributed by atoms with Gasteiger partial charge in [0.25, 0.3) is 5.56 Å². The lowest BCUT2D eigenvalue weighted by Crippen LogP contribution is -2.34. The van der Waals surface area contributed by atoms with Gasteiger partial charge in [-0.2, -0.15) is 5.10 Å². The molecule has 0 saturated heterocycles. The van der Waals surface area contributed by atoms with Crippen LogP contribution in [-0.4, -0.2) is 37.1 Å². The molecule has 0 radical (unpaired) electrons. The topological polar surface area (TPSA) is 107 Å². The molecule has 9 nitrogen and oxygen atoms in total. The van der Waals surface area contributed by atoms with Crippen LogP contribution in [0, 0.1) is 6.92 Å². The zero-order valence-electron chi connectivity index (χ0n) is 13.6. The average molecular weight is 339 g/mol. The molecule has 0 aliphatic carbocycles. The highest BCUT2D eigenvalue weighted by Crippen LogP contribution is 2.07. The van der Waals surface area contributed by atoms with Gasteiger partial charge in [0.05, 0.1) is 6.54 Å². The van der Waals surface area contributed by atoms with E-state index in [1.165, 1.54) is 28.1 Å². The fourth-order valence-corrected chi connectivity index (χ4v) is 2.13. The van der Waals surface area contributed by atoms with Crippen molar-refractivity contribution < 1.29 is 4.79 Å². The van der Waals surface area contributed by atoms with E-state index in [9.17, 15) is 9.59 Å². The summed E-state index contributed by atoms with van der Waals surface area (Å²) in [6, 6.07) is 10.1. The smallest absolute Gasteiger partial charge is 0.319 e. The summed E-state index contributed by atoms with van der Waals surface area (Å²) in [5, 5.41) is 13.6. The number of nitrogens with zero attached hydrogens (tertiary/aromatic N) is 5. The van der Waals surface area contributed by atoms with E-state index >= 15 is 0 Å². The lowest BCUT2D eigenvalue weighted by molar-refractivity contribution is 0.251. The van der Waals surface area contributed by atoms with E-state index in [4.69, 9.17) is 0 Å². The fourth-order valence-electron chi connectivity index (χ4n) is 2.13. The van der Waals surface area contributed by atoms with Crippen LogP contribution in [0.5, 0.6) is 0 Å². The van der Waals surface area contributed by atoms with Crippen LogP contribution >= 0.6 is 0 Å². The summed E-state index contributed by atoms with van der Waals surface area (Å²) in [5.74, 6) is 0.473. The Kier molecular flexibility index (Phi) is 4.84. The van der Waals surface area contributed by atoms with Gasteiger partial charge in [-0.3, -0.25) is 4.79 Å². The van der Waals surface area contributed by atoms with Crippen molar-refractivity contribution in [3.63, 3.8) is 0 Å². The van der Waals surface area contributed by atoms with Crippen LogP contribution in [-0.2, 0) is 6.54 Å². The molecule has 2 heterocycles. The van der Waals surface area contributed by atoms with Crippen molar-refractivity contribution >= 4 is 11.7 Å². The van der Waals surface area contributed by atoms with Crippen molar-refractivity contribution in [3.8, 4) is 5.82 Å². The fraction of sp³-hybridized carbons (Fsp3) is 0.188. The third-order valence-corrected chi connectivity index (χ3v) is 3.42. The minimum Gasteiger partial charge on any atom is -0.336 e. The SMILES string of the molecule is Cc1ccc(NC(=O)NCCn2nc(-n3cncn3)ccc2=O)cc1. The van der Waals surface area contributed by atoms with Crippen molar-refractivity contribution in [3.05, 3.63) is 65.0 Å². The van der Waals surface area contributed by atoms with E-state index in [1.807, 2.05) is 31.2 Å². The zero-order valence-corrected chi connectivity index (χ0v) is 13.6. The van der Waals surface area contributed by atoms with E-state index in [0.29, 0.717) is 11.5 Å². The molecular weight excluding hydrogens is 322 g/mol. The molecule has 128 valence electrons. The van der Waals surface area contributed by atoms with Gasteiger partial charge >= 0.3 is 6.03 Å². The highest BCUT2D eigenvalue weighted by atomic mass is 16.2. The van der Waals surface area contributed by atoms with Gasteiger partial charge in [0.15, 0.2) is 5.82 Å². The second-order valence-electron chi connectivity index (χ2n) is 5.34. The molecule has 0 unspecified atom stereocenters. The zero-order chi connectivity index (χ0) is 17.6. The van der Waals surface area contributed by atoms with Crippen molar-refractivity contribution in [1.82, 2.24) is 29.9 Å². The molecule has 1 aromatic carbocycles. The van der Waals surface area contributed by atoms with Gasteiger partial charge in [-0.05, 0) is 25.1 Å². The summed E-state index contributed by atoms with van der Waals surface area (Å²) in [7, 11) is 0. The van der Waals surface area contributed by atoms with E-state index in [0.717, 1.165) is 5.56 Å². The van der Waals surface area contributed by atoms with Gasteiger partial charge in [0.1, 0.15) is 12.7 Å². The molecule has 0 atom stereocenters. The highest BCUT2D eigenvalue weighted by molar-refractivity contribution is 5.89. The van der Waals surface area contributed by atoms with Crippen LogP contribution in [0.25, 0.3) is 5.82 Å². The maximum absolute atomic E-state index is 11.9. The molecule has 0 aliphatic heterocycles. The maximum atomic E-state index is 11.9. The van der Waals surface area contributed by atoms with Crippen LogP contribution in [0.1, 0.15) is 5.56 Å². The number of anilines is 1. The van der Waals surface area contributed by atoms with Gasteiger partial charge in [0, 0.05) is 18.3 Å². The van der Waals surface area contributed by atoms with Gasteiger partial charge in [-0.1, -0.05) is 17.7 Å². The average Bonchev–Trinajstić information content (AvgIpc) is 3.13. The molecule has 0 fully saturated rings. The first-order valence-corrected chi connectivity index (χ1v) is 7.66. The summed E-state index contributed by atoms with van der Waals surface area (Å²) < 4.78 is 2.72. The van der Waals surface area contributed by atoms with Gasteiger partial charge in [0.2, 0.25) is 0 Å². The summed E-state index contributed by atoms with van der Waals surface area (Å²) in [6.45, 7) is 2.47. The lowest BCUT2D eigenvalue weighted by Gasteiger charge is -2.09. The van der Waals surface area contributed by atoms with Crippen molar-refractivity contribution in [2.45, 2.75) is 13.5 Å². The van der Waals surface area contributed by atoms with E-state index in [2.05, 4.69) is 25.8 Å². The predicted octanol–water partition coefficient (Wildman–Crippen LogP) is 0.954. The number of carbonyl (C=O) groups excluding carboxylic acids is 1. The predicted molar refractivity (Wildman–Crippen MR) is 91.6 cm³/mol. The Bertz CT molecular complexity index is 901. The first-order valence-electron chi connectivity index (χ1n) is 7.66. The van der Waals surface area contributed by atoms with Crippen LogP contribution in [0.15, 0.2) is 53.8 Å². The number of benzene rings is 1. The monoisotopic (exact) mass is 339 g/mol. The highest BCUT2D eigenvalue weighted by Gasteiger charge is 2.05. The van der Waals surface area contributed by atoms with Crippen LogP contribution in [0.4, 0.5) is 10.5 Å². The number of rotatable bonds is 5. The first-order chi connectivity index (χ1) is 12.1. The third-order valence-electron chi connectivity index (χ3n) is 3.42. The summed E-state index contributed by atoms with van der Waals surface area (Å²) in [4.78, 5) is 27.6. The summed E-state index contributed by atoms with van der Waals surface area (Å²) in [5.41, 5.74) is 1.56. The number of hydrogen-bond acceptors (Lipinski definition) is 5. The summed E-state index contributed by atoms with van der Waals surface area (Å²) in [6.07, 6.45) is 2.87. The van der Waals surface area contributed by atoms with Crippen molar-refractivity contribution in [1.29, 1.82) is 0 Å². The molecule has 2 amide bonds. The number of hydrogen-bond donors (Lipinski definition) is 2. The lowest BCUT2D eigenvalue weighted by atomic mass is 10.2.